The number of rotatable bonds is 2. The van der Waals surface area contributed by atoms with E-state index in [1.165, 1.54) is 21.8 Å². The Balaban J connectivity index is 1.06. The van der Waals surface area contributed by atoms with E-state index in [1.807, 2.05) is 18.2 Å². The van der Waals surface area contributed by atoms with Gasteiger partial charge in [-0.3, -0.25) is 0 Å². The van der Waals surface area contributed by atoms with E-state index < -0.39 is 0 Å². The summed E-state index contributed by atoms with van der Waals surface area (Å²) < 4.78 is 22.2. The number of furan rings is 1. The minimum atomic E-state index is -0.287. The van der Waals surface area contributed by atoms with Gasteiger partial charge in [-0.05, 0) is 59.2 Å². The zero-order valence-corrected chi connectivity index (χ0v) is 25.1. The maximum atomic E-state index is 6.97. The number of benzene rings is 7. The van der Waals surface area contributed by atoms with Crippen molar-refractivity contribution in [2.24, 2.45) is 0 Å². The molecule has 0 bridgehead atoms. The van der Waals surface area contributed by atoms with E-state index in [-0.39, 0.29) is 6.92 Å². The van der Waals surface area contributed by atoms with Gasteiger partial charge in [0.05, 0.1) is 11.0 Å². The molecule has 2 aromatic heterocycles. The number of nitrogens with zero attached hydrogens (tertiary/aromatic N) is 1. The maximum Gasteiger partial charge on any atom is 0.434 e. The van der Waals surface area contributed by atoms with Gasteiger partial charge < -0.3 is 18.4 Å². The van der Waals surface area contributed by atoms with Gasteiger partial charge in [0.1, 0.15) is 28.4 Å². The van der Waals surface area contributed by atoms with E-state index in [4.69, 9.17) is 13.8 Å². The fourth-order valence-electron chi connectivity index (χ4n) is 7.85. The van der Waals surface area contributed by atoms with Gasteiger partial charge >= 0.3 is 6.92 Å². The molecule has 0 atom stereocenters. The summed E-state index contributed by atoms with van der Waals surface area (Å²) in [6.45, 7) is -0.287. The Morgan fingerprint density at radius 3 is 2.06 bits per heavy atom. The normalized spacial score (nSPS) is 13.0. The monoisotopic (exact) mass is 601 g/mol. The average molecular weight is 601 g/mol. The summed E-state index contributed by atoms with van der Waals surface area (Å²) in [5.74, 6) is 2.51. The van der Waals surface area contributed by atoms with Crippen molar-refractivity contribution >= 4 is 61.6 Å². The summed E-state index contributed by atoms with van der Waals surface area (Å²) in [7, 11) is 0. The molecule has 0 amide bonds. The van der Waals surface area contributed by atoms with Crippen LogP contribution in [0.1, 0.15) is 0 Å². The van der Waals surface area contributed by atoms with Crippen molar-refractivity contribution in [3.63, 3.8) is 0 Å². The molecule has 4 heterocycles. The molecule has 9 aromatic rings. The summed E-state index contributed by atoms with van der Waals surface area (Å²) in [5.41, 5.74) is 11.7. The quantitative estimate of drug-likeness (QED) is 0.185. The van der Waals surface area contributed by atoms with Gasteiger partial charge in [-0.2, -0.15) is 0 Å². The summed E-state index contributed by atoms with van der Waals surface area (Å²) in [4.78, 5) is 0. The molecule has 5 heteroatoms. The smallest absolute Gasteiger partial charge is 0.434 e. The molecule has 7 aromatic carbocycles. The third-order valence-corrected chi connectivity index (χ3v) is 9.90. The van der Waals surface area contributed by atoms with Crippen LogP contribution in [0.25, 0.3) is 71.7 Å². The SMILES string of the molecule is c1cc2c3c(c1)-c1ccc(-c4cccc5oc6ccccc6c45)cc1OB3c1ccc(-n3c4ccccc4c4ccccc43)cc1O2. The Kier molecular flexibility index (Phi) is 4.89. The van der Waals surface area contributed by atoms with Crippen molar-refractivity contribution in [3.8, 4) is 45.2 Å². The molecular formula is C42H24BNO3. The lowest BCUT2D eigenvalue weighted by Gasteiger charge is -2.33. The van der Waals surface area contributed by atoms with Crippen LogP contribution in [0.4, 0.5) is 0 Å². The van der Waals surface area contributed by atoms with Crippen LogP contribution in [0.2, 0.25) is 0 Å². The summed E-state index contributed by atoms with van der Waals surface area (Å²) in [5, 5.41) is 4.71. The van der Waals surface area contributed by atoms with Crippen LogP contribution in [0, 0.1) is 0 Å². The number of para-hydroxylation sites is 3. The Morgan fingerprint density at radius 1 is 0.489 bits per heavy atom. The number of hydrogen-bond donors (Lipinski definition) is 0. The second kappa shape index (κ2) is 9.18. The largest absolute Gasteiger partial charge is 0.551 e. The maximum absolute atomic E-state index is 6.97. The first-order valence-corrected chi connectivity index (χ1v) is 16.0. The topological polar surface area (TPSA) is 36.5 Å². The van der Waals surface area contributed by atoms with Crippen LogP contribution in [-0.2, 0) is 0 Å². The first kappa shape index (κ1) is 25.0. The van der Waals surface area contributed by atoms with Gasteiger partial charge in [0.25, 0.3) is 0 Å². The summed E-state index contributed by atoms with van der Waals surface area (Å²) in [6, 6.07) is 51.0. The Hall–Kier alpha value is -6.20. The molecule has 47 heavy (non-hydrogen) atoms. The van der Waals surface area contributed by atoms with E-state index >= 15 is 0 Å². The van der Waals surface area contributed by atoms with Crippen molar-refractivity contribution in [1.29, 1.82) is 0 Å². The minimum absolute atomic E-state index is 0.287. The fourth-order valence-corrected chi connectivity index (χ4v) is 7.85. The second-order valence-electron chi connectivity index (χ2n) is 12.4. The highest BCUT2D eigenvalue weighted by molar-refractivity contribution is 6.84. The van der Waals surface area contributed by atoms with Crippen LogP contribution in [0.15, 0.2) is 150 Å². The zero-order chi connectivity index (χ0) is 30.6. The average Bonchev–Trinajstić information content (AvgIpc) is 3.67. The molecule has 11 rings (SSSR count). The molecule has 0 unspecified atom stereocenters. The second-order valence-corrected chi connectivity index (χ2v) is 12.4. The van der Waals surface area contributed by atoms with Crippen molar-refractivity contribution < 1.29 is 13.8 Å². The van der Waals surface area contributed by atoms with E-state index in [2.05, 4.69) is 132 Å². The van der Waals surface area contributed by atoms with Crippen LogP contribution < -0.4 is 20.3 Å². The first-order chi connectivity index (χ1) is 23.3. The zero-order valence-electron chi connectivity index (χ0n) is 25.1. The van der Waals surface area contributed by atoms with Gasteiger partial charge in [-0.25, -0.2) is 0 Å². The summed E-state index contributed by atoms with van der Waals surface area (Å²) >= 11 is 0. The molecule has 0 aliphatic carbocycles. The van der Waals surface area contributed by atoms with Gasteiger partial charge in [0.15, 0.2) is 0 Å². The molecular weight excluding hydrogens is 577 g/mol. The Labute approximate surface area is 270 Å². The third kappa shape index (κ3) is 3.43. The van der Waals surface area contributed by atoms with Crippen LogP contribution >= 0.6 is 0 Å². The highest BCUT2D eigenvalue weighted by Crippen LogP contribution is 2.43. The third-order valence-electron chi connectivity index (χ3n) is 9.90. The van der Waals surface area contributed by atoms with E-state index in [9.17, 15) is 0 Å². The van der Waals surface area contributed by atoms with Crippen LogP contribution in [0.3, 0.4) is 0 Å². The molecule has 0 spiro atoms. The van der Waals surface area contributed by atoms with Crippen molar-refractivity contribution in [1.82, 2.24) is 4.57 Å². The number of fused-ring (bicyclic) bond motifs is 10. The van der Waals surface area contributed by atoms with Gasteiger partial charge in [0, 0.05) is 49.8 Å². The lowest BCUT2D eigenvalue weighted by molar-refractivity contribution is 0.479. The number of aromatic nitrogens is 1. The molecule has 2 aliphatic rings. The molecule has 218 valence electrons. The Morgan fingerprint density at radius 2 is 1.21 bits per heavy atom. The van der Waals surface area contributed by atoms with Crippen LogP contribution in [-0.4, -0.2) is 11.5 Å². The predicted octanol–water partition coefficient (Wildman–Crippen LogP) is 9.62. The molecule has 0 saturated carbocycles. The lowest BCUT2D eigenvalue weighted by Crippen LogP contribution is -2.53. The van der Waals surface area contributed by atoms with Crippen molar-refractivity contribution in [3.05, 3.63) is 146 Å². The van der Waals surface area contributed by atoms with Gasteiger partial charge in [-0.1, -0.05) is 97.1 Å². The van der Waals surface area contributed by atoms with E-state index in [0.29, 0.717) is 0 Å². The fraction of sp³-hybridized carbons (Fsp3) is 0. The van der Waals surface area contributed by atoms with E-state index in [0.717, 1.165) is 78.1 Å². The Bertz CT molecular complexity index is 2720. The number of ether oxygens (including phenoxy) is 1. The molecule has 0 radical (unpaired) electrons. The molecule has 2 aliphatic heterocycles. The highest BCUT2D eigenvalue weighted by atomic mass is 16.5. The van der Waals surface area contributed by atoms with E-state index in [1.54, 1.807) is 0 Å². The van der Waals surface area contributed by atoms with Crippen molar-refractivity contribution in [2.45, 2.75) is 0 Å². The van der Waals surface area contributed by atoms with Crippen LogP contribution in [0.5, 0.6) is 17.2 Å². The highest BCUT2D eigenvalue weighted by Gasteiger charge is 2.40. The van der Waals surface area contributed by atoms with Gasteiger partial charge in [-0.15, -0.1) is 0 Å². The lowest BCUT2D eigenvalue weighted by atomic mass is 9.51. The van der Waals surface area contributed by atoms with Crippen molar-refractivity contribution in [2.75, 3.05) is 0 Å². The predicted molar refractivity (Wildman–Crippen MR) is 191 cm³/mol. The van der Waals surface area contributed by atoms with Gasteiger partial charge in [0.2, 0.25) is 0 Å². The molecule has 0 N–H and O–H groups in total. The molecule has 0 fully saturated rings. The number of hydrogen-bond acceptors (Lipinski definition) is 3. The molecule has 0 saturated heterocycles. The first-order valence-electron chi connectivity index (χ1n) is 16.0. The summed E-state index contributed by atoms with van der Waals surface area (Å²) in [6.07, 6.45) is 0. The minimum Gasteiger partial charge on any atom is -0.551 e. The standard InChI is InChI=1S/C42H24BNO3/c1-4-14-34-28(9-1)29-10-2-5-15-35(29)44(34)26-20-22-33-40(24-26)46-38-18-8-13-31-30-21-19-25(23-39(30)47-43(33)42(31)38)27-12-7-17-37-41(27)32-11-3-6-16-36(32)45-37/h1-24H. The molecule has 4 nitrogen and oxygen atoms in total.